The highest BCUT2D eigenvalue weighted by Gasteiger charge is 2.38. The molecule has 0 aliphatic carbocycles. The highest BCUT2D eigenvalue weighted by Crippen LogP contribution is 2.25. The average molecular weight is 184 g/mol. The van der Waals surface area contributed by atoms with Crippen molar-refractivity contribution >= 4 is 0 Å². The second-order valence-corrected chi connectivity index (χ2v) is 4.08. The third-order valence-corrected chi connectivity index (χ3v) is 2.77. The molecule has 13 heavy (non-hydrogen) atoms. The van der Waals surface area contributed by atoms with Gasteiger partial charge in [-0.2, -0.15) is 5.26 Å². The molecule has 1 aliphatic heterocycles. The Morgan fingerprint density at radius 1 is 1.69 bits per heavy atom. The van der Waals surface area contributed by atoms with Gasteiger partial charge in [-0.15, -0.1) is 0 Å². The Kier molecular flexibility index (Phi) is 3.27. The second-order valence-electron chi connectivity index (χ2n) is 4.08. The summed E-state index contributed by atoms with van der Waals surface area (Å²) in [4.78, 5) is 2.05. The van der Waals surface area contributed by atoms with Crippen LogP contribution in [0.4, 0.5) is 4.39 Å². The molecule has 2 nitrogen and oxygen atoms in total. The number of hydrogen-bond donors (Lipinski definition) is 0. The molecule has 0 amide bonds. The van der Waals surface area contributed by atoms with E-state index in [4.69, 9.17) is 5.26 Å². The van der Waals surface area contributed by atoms with E-state index in [0.717, 1.165) is 19.5 Å². The van der Waals surface area contributed by atoms with Crippen molar-refractivity contribution in [3.63, 3.8) is 0 Å². The normalized spacial score (nSPS) is 31.5. The Bertz CT molecular complexity index is 211. The minimum absolute atomic E-state index is 0.299. The summed E-state index contributed by atoms with van der Waals surface area (Å²) in [6, 6.07) is 1.75. The van der Waals surface area contributed by atoms with E-state index in [-0.39, 0.29) is 0 Å². The van der Waals surface area contributed by atoms with Gasteiger partial charge >= 0.3 is 0 Å². The summed E-state index contributed by atoms with van der Waals surface area (Å²) in [5.41, 5.74) is -1.58. The zero-order valence-electron chi connectivity index (χ0n) is 8.39. The molecule has 0 aromatic rings. The summed E-state index contributed by atoms with van der Waals surface area (Å²) in [6.07, 6.45) is 1.49. The lowest BCUT2D eigenvalue weighted by Crippen LogP contribution is -2.30. The van der Waals surface area contributed by atoms with E-state index in [1.54, 1.807) is 6.07 Å². The fourth-order valence-corrected chi connectivity index (χ4v) is 1.66. The SMILES string of the molecule is CCC(C)CN1CCC(F)(C#N)C1. The van der Waals surface area contributed by atoms with Gasteiger partial charge in [0.2, 0.25) is 5.67 Å². The first-order valence-corrected chi connectivity index (χ1v) is 4.92. The largest absolute Gasteiger partial charge is 0.299 e. The van der Waals surface area contributed by atoms with Crippen LogP contribution in [0.15, 0.2) is 0 Å². The molecule has 2 atom stereocenters. The quantitative estimate of drug-likeness (QED) is 0.670. The van der Waals surface area contributed by atoms with Crippen LogP contribution in [0, 0.1) is 17.2 Å². The lowest BCUT2D eigenvalue weighted by atomic mass is 10.1. The maximum Gasteiger partial charge on any atom is 0.209 e. The van der Waals surface area contributed by atoms with Crippen LogP contribution in [-0.4, -0.2) is 30.2 Å². The Balaban J connectivity index is 2.38. The van der Waals surface area contributed by atoms with Crippen LogP contribution < -0.4 is 0 Å². The van der Waals surface area contributed by atoms with Gasteiger partial charge < -0.3 is 0 Å². The number of nitriles is 1. The highest BCUT2D eigenvalue weighted by molar-refractivity contribution is 5.06. The molecule has 0 radical (unpaired) electrons. The number of nitrogens with zero attached hydrogens (tertiary/aromatic N) is 2. The molecule has 3 heteroatoms. The summed E-state index contributed by atoms with van der Waals surface area (Å²) in [5.74, 6) is 0.598. The van der Waals surface area contributed by atoms with Gasteiger partial charge in [0.25, 0.3) is 0 Å². The zero-order chi connectivity index (χ0) is 9.90. The van der Waals surface area contributed by atoms with Crippen molar-refractivity contribution in [2.75, 3.05) is 19.6 Å². The van der Waals surface area contributed by atoms with Gasteiger partial charge in [0.15, 0.2) is 0 Å². The molecule has 0 spiro atoms. The van der Waals surface area contributed by atoms with E-state index in [9.17, 15) is 4.39 Å². The molecule has 0 bridgehead atoms. The number of rotatable bonds is 3. The molecule has 1 heterocycles. The van der Waals surface area contributed by atoms with Crippen molar-refractivity contribution in [3.8, 4) is 6.07 Å². The zero-order valence-corrected chi connectivity index (χ0v) is 8.39. The monoisotopic (exact) mass is 184 g/mol. The fourth-order valence-electron chi connectivity index (χ4n) is 1.66. The summed E-state index contributed by atoms with van der Waals surface area (Å²) >= 11 is 0. The minimum atomic E-state index is -1.58. The van der Waals surface area contributed by atoms with Gasteiger partial charge in [-0.1, -0.05) is 20.3 Å². The predicted octanol–water partition coefficient (Wildman–Crippen LogP) is 1.97. The molecule has 0 aromatic heterocycles. The summed E-state index contributed by atoms with van der Waals surface area (Å²) in [7, 11) is 0. The van der Waals surface area contributed by atoms with Crippen molar-refractivity contribution in [1.29, 1.82) is 5.26 Å². The van der Waals surface area contributed by atoms with E-state index in [0.29, 0.717) is 18.9 Å². The molecule has 0 aromatic carbocycles. The van der Waals surface area contributed by atoms with Gasteiger partial charge in [0.05, 0.1) is 0 Å². The fraction of sp³-hybridized carbons (Fsp3) is 0.900. The molecular weight excluding hydrogens is 167 g/mol. The summed E-state index contributed by atoms with van der Waals surface area (Å²) in [5, 5.41) is 8.58. The van der Waals surface area contributed by atoms with Crippen LogP contribution in [0.5, 0.6) is 0 Å². The Hall–Kier alpha value is -0.620. The molecule has 1 rings (SSSR count). The number of likely N-dealkylation sites (tertiary alicyclic amines) is 1. The summed E-state index contributed by atoms with van der Waals surface area (Å²) < 4.78 is 13.4. The van der Waals surface area contributed by atoms with Crippen molar-refractivity contribution in [2.24, 2.45) is 5.92 Å². The molecule has 2 unspecified atom stereocenters. The van der Waals surface area contributed by atoms with Gasteiger partial charge in [0, 0.05) is 26.1 Å². The van der Waals surface area contributed by atoms with Crippen LogP contribution >= 0.6 is 0 Å². The van der Waals surface area contributed by atoms with Crippen molar-refractivity contribution < 1.29 is 4.39 Å². The smallest absolute Gasteiger partial charge is 0.209 e. The number of hydrogen-bond acceptors (Lipinski definition) is 2. The first-order chi connectivity index (χ1) is 6.09. The molecule has 1 fully saturated rings. The molecule has 0 saturated carbocycles. The minimum Gasteiger partial charge on any atom is -0.299 e. The third-order valence-electron chi connectivity index (χ3n) is 2.77. The van der Waals surface area contributed by atoms with Crippen LogP contribution in [0.1, 0.15) is 26.7 Å². The Labute approximate surface area is 79.3 Å². The lowest BCUT2D eigenvalue weighted by Gasteiger charge is -2.19. The van der Waals surface area contributed by atoms with Gasteiger partial charge in [-0.3, -0.25) is 4.90 Å². The summed E-state index contributed by atoms with van der Waals surface area (Å²) in [6.45, 7) is 6.24. The maximum absolute atomic E-state index is 13.4. The first kappa shape index (κ1) is 10.5. The lowest BCUT2D eigenvalue weighted by molar-refractivity contribution is 0.214. The topological polar surface area (TPSA) is 27.0 Å². The maximum atomic E-state index is 13.4. The highest BCUT2D eigenvalue weighted by atomic mass is 19.1. The van der Waals surface area contributed by atoms with Gasteiger partial charge in [-0.25, -0.2) is 4.39 Å². The van der Waals surface area contributed by atoms with Crippen molar-refractivity contribution in [2.45, 2.75) is 32.4 Å². The van der Waals surface area contributed by atoms with E-state index < -0.39 is 5.67 Å². The Morgan fingerprint density at radius 3 is 2.85 bits per heavy atom. The number of halogens is 1. The molecule has 1 aliphatic rings. The van der Waals surface area contributed by atoms with Crippen LogP contribution in [0.25, 0.3) is 0 Å². The average Bonchev–Trinajstić information content (AvgIpc) is 2.48. The van der Waals surface area contributed by atoms with Crippen LogP contribution in [0.2, 0.25) is 0 Å². The molecule has 0 N–H and O–H groups in total. The number of alkyl halides is 1. The van der Waals surface area contributed by atoms with E-state index in [2.05, 4.69) is 18.7 Å². The Morgan fingerprint density at radius 2 is 2.38 bits per heavy atom. The predicted molar refractivity (Wildman–Crippen MR) is 50.0 cm³/mol. The molecule has 1 saturated heterocycles. The van der Waals surface area contributed by atoms with Gasteiger partial charge in [-0.05, 0) is 5.92 Å². The van der Waals surface area contributed by atoms with Crippen molar-refractivity contribution in [3.05, 3.63) is 0 Å². The molecule has 74 valence electrons. The second kappa shape index (κ2) is 4.06. The van der Waals surface area contributed by atoms with E-state index >= 15 is 0 Å². The van der Waals surface area contributed by atoms with Crippen molar-refractivity contribution in [1.82, 2.24) is 4.90 Å². The van der Waals surface area contributed by atoms with E-state index in [1.165, 1.54) is 0 Å². The molecular formula is C10H17FN2. The first-order valence-electron chi connectivity index (χ1n) is 4.92. The van der Waals surface area contributed by atoms with Gasteiger partial charge in [0.1, 0.15) is 6.07 Å². The van der Waals surface area contributed by atoms with Crippen LogP contribution in [0.3, 0.4) is 0 Å². The third kappa shape index (κ3) is 2.67. The van der Waals surface area contributed by atoms with E-state index in [1.807, 2.05) is 0 Å². The standard InChI is InChI=1S/C10H17FN2/c1-3-9(2)6-13-5-4-10(11,7-12)8-13/h9H,3-6,8H2,1-2H3. The van der Waals surface area contributed by atoms with Crippen LogP contribution in [-0.2, 0) is 0 Å².